The molecule has 31 heavy (non-hydrogen) atoms. The number of benzene rings is 1. The van der Waals surface area contributed by atoms with Gasteiger partial charge in [-0.25, -0.2) is 4.79 Å². The molecule has 1 aliphatic carbocycles. The molecule has 1 fully saturated rings. The zero-order valence-corrected chi connectivity index (χ0v) is 16.5. The van der Waals surface area contributed by atoms with E-state index in [1.165, 1.54) is 12.3 Å². The predicted molar refractivity (Wildman–Crippen MR) is 106 cm³/mol. The van der Waals surface area contributed by atoms with Crippen LogP contribution >= 0.6 is 0 Å². The highest BCUT2D eigenvalue weighted by Gasteiger charge is 2.38. The third kappa shape index (κ3) is 5.01. The first-order valence-corrected chi connectivity index (χ1v) is 9.89. The first kappa shape index (κ1) is 20.8. The average molecular weight is 431 g/mol. The highest BCUT2D eigenvalue weighted by atomic mass is 19.4. The molecule has 7 nitrogen and oxygen atoms in total. The van der Waals surface area contributed by atoms with Gasteiger partial charge in [0.25, 0.3) is 5.89 Å². The molecule has 3 aromatic rings. The van der Waals surface area contributed by atoms with Gasteiger partial charge in [0.05, 0.1) is 6.54 Å². The minimum atomic E-state index is -4.71. The van der Waals surface area contributed by atoms with Crippen LogP contribution in [0.15, 0.2) is 53.1 Å². The standard InChI is InChI=1S/C21H20F3N5O2/c22-21(23,24)19-28-27-18(31-19)17-11-10-14(12-25-17)13-29(16-8-2-1-3-9-16)20(30)26-15-6-4-5-7-15/h1-3,8-12,15H,4-7,13H2,(H,26,30). The fraction of sp³-hybridized carbons (Fsp3) is 0.333. The molecule has 0 radical (unpaired) electrons. The first-order chi connectivity index (χ1) is 14.9. The Morgan fingerprint density at radius 2 is 1.84 bits per heavy atom. The van der Waals surface area contributed by atoms with Gasteiger partial charge in [-0.2, -0.15) is 13.2 Å². The molecule has 0 bridgehead atoms. The number of alkyl halides is 3. The SMILES string of the molecule is O=C(NC1CCCC1)N(Cc1ccc(-c2nnc(C(F)(F)F)o2)nc1)c1ccccc1. The molecule has 2 aromatic heterocycles. The average Bonchev–Trinajstić information content (AvgIpc) is 3.45. The summed E-state index contributed by atoms with van der Waals surface area (Å²) in [6.45, 7) is 0.244. The fourth-order valence-corrected chi connectivity index (χ4v) is 3.48. The van der Waals surface area contributed by atoms with E-state index < -0.39 is 12.1 Å². The maximum absolute atomic E-state index is 12.9. The van der Waals surface area contributed by atoms with Crippen molar-refractivity contribution in [2.45, 2.75) is 44.4 Å². The van der Waals surface area contributed by atoms with Gasteiger partial charge in [0, 0.05) is 17.9 Å². The van der Waals surface area contributed by atoms with Gasteiger partial charge in [0.1, 0.15) is 5.69 Å². The molecule has 4 rings (SSSR count). The van der Waals surface area contributed by atoms with Crippen molar-refractivity contribution in [3.8, 4) is 11.6 Å². The largest absolute Gasteiger partial charge is 0.470 e. The van der Waals surface area contributed by atoms with Crippen LogP contribution in [0.2, 0.25) is 0 Å². The van der Waals surface area contributed by atoms with Gasteiger partial charge in [-0.3, -0.25) is 9.88 Å². The number of aromatic nitrogens is 3. The molecule has 0 atom stereocenters. The molecule has 2 amide bonds. The van der Waals surface area contributed by atoms with E-state index in [-0.39, 0.29) is 30.2 Å². The zero-order valence-electron chi connectivity index (χ0n) is 16.5. The van der Waals surface area contributed by atoms with Crippen molar-refractivity contribution in [3.63, 3.8) is 0 Å². The van der Waals surface area contributed by atoms with Gasteiger partial charge in [-0.1, -0.05) is 37.1 Å². The molecule has 0 spiro atoms. The highest BCUT2D eigenvalue weighted by molar-refractivity contribution is 5.92. The van der Waals surface area contributed by atoms with Gasteiger partial charge >= 0.3 is 18.1 Å². The number of urea groups is 1. The van der Waals surface area contributed by atoms with Gasteiger partial charge in [-0.05, 0) is 36.6 Å². The third-order valence-corrected chi connectivity index (χ3v) is 5.05. The molecule has 1 aliphatic rings. The Morgan fingerprint density at radius 1 is 1.10 bits per heavy atom. The van der Waals surface area contributed by atoms with Crippen molar-refractivity contribution in [1.82, 2.24) is 20.5 Å². The number of nitrogens with zero attached hydrogens (tertiary/aromatic N) is 4. The van der Waals surface area contributed by atoms with Crippen molar-refractivity contribution in [2.24, 2.45) is 0 Å². The number of para-hydroxylation sites is 1. The molecular weight excluding hydrogens is 411 g/mol. The molecule has 0 saturated heterocycles. The van der Waals surface area contributed by atoms with Crippen LogP contribution in [0.3, 0.4) is 0 Å². The maximum Gasteiger partial charge on any atom is 0.470 e. The highest BCUT2D eigenvalue weighted by Crippen LogP contribution is 2.30. The normalized spacial score (nSPS) is 14.5. The predicted octanol–water partition coefficient (Wildman–Crippen LogP) is 4.81. The number of pyridine rings is 1. The van der Waals surface area contributed by atoms with Crippen LogP contribution in [0.1, 0.15) is 37.1 Å². The summed E-state index contributed by atoms with van der Waals surface area (Å²) in [4.78, 5) is 18.7. The molecule has 0 aliphatic heterocycles. The van der Waals surface area contributed by atoms with Crippen LogP contribution in [0.5, 0.6) is 0 Å². The maximum atomic E-state index is 12.9. The monoisotopic (exact) mass is 431 g/mol. The summed E-state index contributed by atoms with van der Waals surface area (Å²) in [5.74, 6) is -1.75. The van der Waals surface area contributed by atoms with Gasteiger partial charge in [0.15, 0.2) is 0 Å². The first-order valence-electron chi connectivity index (χ1n) is 9.89. The van der Waals surface area contributed by atoms with Crippen LogP contribution in [0.25, 0.3) is 11.6 Å². The number of rotatable bonds is 5. The summed E-state index contributed by atoms with van der Waals surface area (Å²) in [5.41, 5.74) is 1.55. The van der Waals surface area contributed by atoms with E-state index in [0.29, 0.717) is 5.56 Å². The molecule has 2 heterocycles. The Kier molecular flexibility index (Phi) is 5.88. The van der Waals surface area contributed by atoms with E-state index in [0.717, 1.165) is 31.4 Å². The van der Waals surface area contributed by atoms with Crippen LogP contribution < -0.4 is 10.2 Å². The number of halogens is 3. The van der Waals surface area contributed by atoms with Gasteiger partial charge in [0.2, 0.25) is 0 Å². The zero-order chi connectivity index (χ0) is 21.8. The van der Waals surface area contributed by atoms with E-state index in [1.54, 1.807) is 11.0 Å². The molecular formula is C21H20F3N5O2. The summed E-state index contributed by atoms with van der Waals surface area (Å²) >= 11 is 0. The molecule has 0 unspecified atom stereocenters. The van der Waals surface area contributed by atoms with Crippen molar-refractivity contribution < 1.29 is 22.4 Å². The Balaban J connectivity index is 1.51. The fourth-order valence-electron chi connectivity index (χ4n) is 3.48. The summed E-state index contributed by atoms with van der Waals surface area (Å²) in [5, 5.41) is 9.49. The van der Waals surface area contributed by atoms with E-state index in [2.05, 4.69) is 24.9 Å². The molecule has 1 saturated carbocycles. The van der Waals surface area contributed by atoms with Crippen molar-refractivity contribution in [3.05, 3.63) is 60.1 Å². The van der Waals surface area contributed by atoms with Crippen LogP contribution in [-0.2, 0) is 12.7 Å². The minimum absolute atomic E-state index is 0.119. The number of anilines is 1. The van der Waals surface area contributed by atoms with Crippen molar-refractivity contribution in [2.75, 3.05) is 4.90 Å². The Morgan fingerprint density at radius 3 is 2.45 bits per heavy atom. The number of amides is 2. The quantitative estimate of drug-likeness (QED) is 0.627. The second-order valence-electron chi connectivity index (χ2n) is 7.31. The lowest BCUT2D eigenvalue weighted by Gasteiger charge is -2.25. The number of carbonyl (C=O) groups excluding carboxylic acids is 1. The smallest absolute Gasteiger partial charge is 0.411 e. The van der Waals surface area contributed by atoms with Crippen molar-refractivity contribution in [1.29, 1.82) is 0 Å². The Labute approximate surface area is 176 Å². The van der Waals surface area contributed by atoms with Crippen molar-refractivity contribution >= 4 is 11.7 Å². The van der Waals surface area contributed by atoms with Crippen LogP contribution in [0, 0.1) is 0 Å². The topological polar surface area (TPSA) is 84.2 Å². The Hall–Kier alpha value is -3.43. The lowest BCUT2D eigenvalue weighted by Crippen LogP contribution is -2.43. The summed E-state index contributed by atoms with van der Waals surface area (Å²) < 4.78 is 42.6. The van der Waals surface area contributed by atoms with Crippen LogP contribution in [0.4, 0.5) is 23.7 Å². The number of hydrogen-bond acceptors (Lipinski definition) is 5. The van der Waals surface area contributed by atoms with E-state index in [1.807, 2.05) is 30.3 Å². The molecule has 1 aromatic carbocycles. The number of nitrogens with one attached hydrogen (secondary N) is 1. The van der Waals surface area contributed by atoms with E-state index >= 15 is 0 Å². The van der Waals surface area contributed by atoms with Gasteiger partial charge in [-0.15, -0.1) is 10.2 Å². The van der Waals surface area contributed by atoms with Crippen LogP contribution in [-0.4, -0.2) is 27.3 Å². The second kappa shape index (κ2) is 8.75. The minimum Gasteiger partial charge on any atom is -0.411 e. The molecule has 162 valence electrons. The summed E-state index contributed by atoms with van der Waals surface area (Å²) in [7, 11) is 0. The Bertz CT molecular complexity index is 1020. The molecule has 10 heteroatoms. The van der Waals surface area contributed by atoms with Gasteiger partial charge < -0.3 is 9.73 Å². The lowest BCUT2D eigenvalue weighted by molar-refractivity contribution is -0.156. The second-order valence-corrected chi connectivity index (χ2v) is 7.31. The van der Waals surface area contributed by atoms with E-state index in [9.17, 15) is 18.0 Å². The third-order valence-electron chi connectivity index (χ3n) is 5.05. The summed E-state index contributed by atoms with van der Waals surface area (Å²) in [6, 6.07) is 12.4. The lowest BCUT2D eigenvalue weighted by atomic mass is 10.2. The number of hydrogen-bond donors (Lipinski definition) is 1. The van der Waals surface area contributed by atoms with E-state index in [4.69, 9.17) is 0 Å². The molecule has 1 N–H and O–H groups in total. The summed E-state index contributed by atoms with van der Waals surface area (Å²) in [6.07, 6.45) is 0.907. The number of carbonyl (C=O) groups is 1.